The molecule has 2 unspecified atom stereocenters. The maximum Gasteiger partial charge on any atom is 0.201 e. The highest BCUT2D eigenvalue weighted by Gasteiger charge is 2.25. The van der Waals surface area contributed by atoms with Crippen LogP contribution >= 0.6 is 0 Å². The second-order valence-electron chi connectivity index (χ2n) is 5.82. The van der Waals surface area contributed by atoms with Crippen molar-refractivity contribution in [2.24, 2.45) is 11.8 Å². The molecule has 2 atom stereocenters. The van der Waals surface area contributed by atoms with E-state index < -0.39 is 16.7 Å². The molecule has 0 spiro atoms. The fourth-order valence-corrected chi connectivity index (χ4v) is 3.42. The van der Waals surface area contributed by atoms with Crippen molar-refractivity contribution in [1.82, 2.24) is 4.72 Å². The Balaban J connectivity index is 1.89. The summed E-state index contributed by atoms with van der Waals surface area (Å²) in [7, 11) is -2.54. The third kappa shape index (κ3) is 5.48. The predicted octanol–water partition coefficient (Wildman–Crippen LogP) is 2.39. The number of nitriles is 1. The number of nitrogens with one attached hydrogen (secondary N) is 1. The minimum absolute atomic E-state index is 0.00527. The fourth-order valence-electron chi connectivity index (χ4n) is 3.10. The molecule has 0 radical (unpaired) electrons. The molecule has 2 rings (SSSR count). The molecule has 1 fully saturated rings. The molecule has 126 valence electrons. The van der Waals surface area contributed by atoms with E-state index in [1.165, 1.54) is 12.1 Å². The Morgan fingerprint density at radius 3 is 2.70 bits per heavy atom. The summed E-state index contributed by atoms with van der Waals surface area (Å²) in [5, 5.41) is 8.72. The summed E-state index contributed by atoms with van der Waals surface area (Å²) in [6, 6.07) is 6.03. The number of rotatable bonds is 7. The van der Waals surface area contributed by atoms with Gasteiger partial charge >= 0.3 is 0 Å². The molecule has 1 aliphatic rings. The van der Waals surface area contributed by atoms with Crippen molar-refractivity contribution in [3.05, 3.63) is 29.6 Å². The molecule has 0 aliphatic heterocycles. The minimum Gasteiger partial charge on any atom is -0.493 e. The average Bonchev–Trinajstić information content (AvgIpc) is 2.54. The maximum atomic E-state index is 13.6. The molecule has 1 aromatic carbocycles. The van der Waals surface area contributed by atoms with Gasteiger partial charge in [0, 0.05) is 12.6 Å². The van der Waals surface area contributed by atoms with Gasteiger partial charge in [-0.2, -0.15) is 5.26 Å². The highest BCUT2D eigenvalue weighted by atomic mass is 32.2. The van der Waals surface area contributed by atoms with Gasteiger partial charge in [0.25, 0.3) is 0 Å². The van der Waals surface area contributed by atoms with Gasteiger partial charge < -0.3 is 4.74 Å². The molecule has 5 nitrogen and oxygen atoms in total. The second-order valence-corrected chi connectivity index (χ2v) is 6.65. The van der Waals surface area contributed by atoms with Crippen LogP contribution in [0.4, 0.5) is 4.39 Å². The Morgan fingerprint density at radius 2 is 2.04 bits per heavy atom. The molecule has 0 bridgehead atoms. The third-order valence-electron chi connectivity index (χ3n) is 4.35. The van der Waals surface area contributed by atoms with Crippen molar-refractivity contribution in [3.63, 3.8) is 0 Å². The van der Waals surface area contributed by atoms with E-state index in [-0.39, 0.29) is 5.56 Å². The van der Waals surface area contributed by atoms with Crippen molar-refractivity contribution < 1.29 is 17.5 Å². The first-order valence-electron chi connectivity index (χ1n) is 7.80. The lowest BCUT2D eigenvalue weighted by Crippen LogP contribution is -2.28. The van der Waals surface area contributed by atoms with Gasteiger partial charge in [0.1, 0.15) is 17.6 Å². The molecule has 1 aromatic rings. The summed E-state index contributed by atoms with van der Waals surface area (Å²) in [5.41, 5.74) is 0.00527. The van der Waals surface area contributed by atoms with Crippen molar-refractivity contribution in [2.45, 2.75) is 32.1 Å². The molecule has 0 aromatic heterocycles. The SMILES string of the molecule is N#Cc1ccc(OCC2CCCCC2CCN[SH](=O)=O)cc1F. The summed E-state index contributed by atoms with van der Waals surface area (Å²) >= 11 is 0. The Kier molecular flexibility index (Phi) is 6.81. The zero-order chi connectivity index (χ0) is 16.7. The maximum absolute atomic E-state index is 13.6. The van der Waals surface area contributed by atoms with Gasteiger partial charge in [-0.25, -0.2) is 17.5 Å². The van der Waals surface area contributed by atoms with Crippen LogP contribution in [0.15, 0.2) is 18.2 Å². The zero-order valence-electron chi connectivity index (χ0n) is 12.8. The number of hydrogen-bond acceptors (Lipinski definition) is 4. The number of hydrogen-bond donors (Lipinski definition) is 2. The minimum atomic E-state index is -2.54. The Hall–Kier alpha value is -1.65. The first kappa shape index (κ1) is 17.7. The van der Waals surface area contributed by atoms with Crippen LogP contribution in [-0.4, -0.2) is 21.6 Å². The van der Waals surface area contributed by atoms with Crippen LogP contribution in [0.3, 0.4) is 0 Å². The van der Waals surface area contributed by atoms with E-state index in [0.29, 0.717) is 30.7 Å². The van der Waals surface area contributed by atoms with Crippen molar-refractivity contribution in [2.75, 3.05) is 13.2 Å². The molecule has 1 N–H and O–H groups in total. The highest BCUT2D eigenvalue weighted by Crippen LogP contribution is 2.32. The van der Waals surface area contributed by atoms with E-state index in [4.69, 9.17) is 10.00 Å². The number of ether oxygens (including phenoxy) is 1. The van der Waals surface area contributed by atoms with Gasteiger partial charge in [0.2, 0.25) is 10.9 Å². The number of benzene rings is 1. The van der Waals surface area contributed by atoms with Gasteiger partial charge in [-0.15, -0.1) is 0 Å². The van der Waals surface area contributed by atoms with Gasteiger partial charge in [0.05, 0.1) is 12.2 Å². The average molecular weight is 340 g/mol. The molecule has 1 saturated carbocycles. The quantitative estimate of drug-likeness (QED) is 0.747. The van der Waals surface area contributed by atoms with E-state index in [9.17, 15) is 12.8 Å². The highest BCUT2D eigenvalue weighted by molar-refractivity contribution is 7.70. The van der Waals surface area contributed by atoms with E-state index in [1.807, 2.05) is 0 Å². The summed E-state index contributed by atoms with van der Waals surface area (Å²) in [6.45, 7) is 0.935. The molecule has 23 heavy (non-hydrogen) atoms. The number of nitrogens with zero attached hydrogens (tertiary/aromatic N) is 1. The van der Waals surface area contributed by atoms with Gasteiger partial charge in [0.15, 0.2) is 0 Å². The van der Waals surface area contributed by atoms with Crippen LogP contribution in [0.5, 0.6) is 5.75 Å². The van der Waals surface area contributed by atoms with Gasteiger partial charge in [-0.05, 0) is 36.8 Å². The normalized spacial score (nSPS) is 21.1. The lowest BCUT2D eigenvalue weighted by molar-refractivity contribution is 0.143. The molecular formula is C16H21FN2O3S. The standard InChI is InChI=1S/C16H21FN2O3S/c17-16-9-15(6-5-13(16)10-18)22-11-14-4-2-1-3-12(14)7-8-19-23(20)21/h5-6,9,12,14,23H,1-4,7-8,11H2,(H,19,20,21). The topological polar surface area (TPSA) is 79.2 Å². The second kappa shape index (κ2) is 8.85. The fraction of sp³-hybridized carbons (Fsp3) is 0.562. The summed E-state index contributed by atoms with van der Waals surface area (Å²) in [5.74, 6) is 0.600. The Morgan fingerprint density at radius 1 is 1.30 bits per heavy atom. The van der Waals surface area contributed by atoms with Crippen LogP contribution < -0.4 is 9.46 Å². The van der Waals surface area contributed by atoms with Crippen LogP contribution in [0.2, 0.25) is 0 Å². The van der Waals surface area contributed by atoms with Gasteiger partial charge in [-0.3, -0.25) is 0 Å². The molecular weight excluding hydrogens is 319 g/mol. The number of halogens is 1. The first-order chi connectivity index (χ1) is 11.1. The van der Waals surface area contributed by atoms with Crippen LogP contribution in [0, 0.1) is 29.0 Å². The Bertz CT molecular complexity index is 635. The van der Waals surface area contributed by atoms with Crippen LogP contribution in [-0.2, 0) is 10.9 Å². The summed E-state index contributed by atoms with van der Waals surface area (Å²) in [6.07, 6.45) is 5.17. The molecule has 0 heterocycles. The Labute approximate surface area is 137 Å². The van der Waals surface area contributed by atoms with Gasteiger partial charge in [-0.1, -0.05) is 19.3 Å². The predicted molar refractivity (Wildman–Crippen MR) is 85.0 cm³/mol. The molecule has 0 amide bonds. The first-order valence-corrected chi connectivity index (χ1v) is 8.98. The summed E-state index contributed by atoms with van der Waals surface area (Å²) in [4.78, 5) is 0. The molecule has 7 heteroatoms. The zero-order valence-corrected chi connectivity index (χ0v) is 13.7. The molecule has 1 aliphatic carbocycles. The third-order valence-corrected chi connectivity index (χ3v) is 4.83. The smallest absolute Gasteiger partial charge is 0.201 e. The lowest BCUT2D eigenvalue weighted by Gasteiger charge is -2.31. The van der Waals surface area contributed by atoms with Crippen molar-refractivity contribution in [3.8, 4) is 11.8 Å². The monoisotopic (exact) mass is 340 g/mol. The van der Waals surface area contributed by atoms with Crippen molar-refractivity contribution in [1.29, 1.82) is 5.26 Å². The van der Waals surface area contributed by atoms with E-state index in [1.54, 1.807) is 12.1 Å². The van der Waals surface area contributed by atoms with Crippen LogP contribution in [0.25, 0.3) is 0 Å². The van der Waals surface area contributed by atoms with E-state index in [2.05, 4.69) is 4.72 Å². The molecule has 0 saturated heterocycles. The van der Waals surface area contributed by atoms with E-state index >= 15 is 0 Å². The van der Waals surface area contributed by atoms with Crippen LogP contribution in [0.1, 0.15) is 37.7 Å². The lowest BCUT2D eigenvalue weighted by atomic mass is 9.78. The number of thiol groups is 1. The van der Waals surface area contributed by atoms with E-state index in [0.717, 1.165) is 32.1 Å². The summed E-state index contributed by atoms with van der Waals surface area (Å²) < 4.78 is 42.8. The largest absolute Gasteiger partial charge is 0.493 e. The van der Waals surface area contributed by atoms with Crippen molar-refractivity contribution >= 4 is 10.9 Å².